The number of hydrogen-bond donors (Lipinski definition) is 8. The van der Waals surface area contributed by atoms with Crippen LogP contribution in [0.2, 0.25) is 0 Å². The second kappa shape index (κ2) is 74.1. The molecule has 0 saturated carbocycles. The molecule has 117 heavy (non-hydrogen) atoms. The van der Waals surface area contributed by atoms with E-state index >= 15 is 4.79 Å². The molecule has 0 aromatic rings. The van der Waals surface area contributed by atoms with Crippen molar-refractivity contribution in [2.45, 2.75) is 552 Å². The topological polar surface area (TPSA) is 339 Å². The molecule has 2 rings (SSSR count). The molecule has 0 radical (unpaired) electrons. The third-order valence-corrected chi connectivity index (χ3v) is 23.8. The number of phosphoric ester groups is 1. The Kier molecular flexibility index (Phi) is 69.5. The Morgan fingerprint density at radius 1 is 0.376 bits per heavy atom. The number of unbranched alkanes of at least 4 members (excludes halogenated alkanes) is 50. The smallest absolute Gasteiger partial charge is 0.462 e. The molecule has 13 unspecified atom stereocenters. The summed E-state index contributed by atoms with van der Waals surface area (Å²) >= 11 is 0. The minimum absolute atomic E-state index is 0.119. The van der Waals surface area contributed by atoms with Gasteiger partial charge in [0.05, 0.1) is 44.5 Å². The highest BCUT2D eigenvalue weighted by Crippen LogP contribution is 2.43. The molecule has 8 N–H and O–H groups in total. The first-order valence-corrected chi connectivity index (χ1v) is 50.0. The standard InChI is InChI=1S/C93H175N2O21P/c1-7-13-19-25-31-37-38-44-50-56-62-68-84(102)110-78(66-60-54-48-42-35-29-23-17-11-5)72-86(104)113-91-89(95-82(100)71-77(65-59-53-47-41-34-28-22-16-10-4)109-83(101)67-61-55-49-43-36-30-24-18-12-6)93(112-80(74-96)90(91)116-117(106,107)108)115-87-73-79(111-85(103)70-76(98)64-58-52-46-40-33-27-21-15-9-3)88(92(105)114-87)94-81(99)69-75(97)63-57-51-45-39-32-26-20-14-8-2/h75-80,87-93,96-98,105H,7-74H2,1-6H3,(H,94,99)(H,95,100)(H2,106,107,108). The van der Waals surface area contributed by atoms with Gasteiger partial charge in [-0.1, -0.05) is 375 Å². The van der Waals surface area contributed by atoms with Gasteiger partial charge in [0, 0.05) is 19.3 Å². The summed E-state index contributed by atoms with van der Waals surface area (Å²) in [6, 6.07) is -3.30. The Hall–Kier alpha value is -3.35. The number of nitrogens with one attached hydrogen (secondary N) is 2. The van der Waals surface area contributed by atoms with E-state index in [0.29, 0.717) is 57.8 Å². The quantitative estimate of drug-likeness (QED) is 0.0121. The predicted octanol–water partition coefficient (Wildman–Crippen LogP) is 21.5. The van der Waals surface area contributed by atoms with Crippen LogP contribution in [0, 0.1) is 0 Å². The first-order valence-electron chi connectivity index (χ1n) is 48.4. The molecule has 2 amide bonds. The molecular formula is C93H175N2O21P. The van der Waals surface area contributed by atoms with Crippen molar-refractivity contribution in [1.82, 2.24) is 10.6 Å². The van der Waals surface area contributed by atoms with E-state index in [4.69, 9.17) is 37.7 Å². The van der Waals surface area contributed by atoms with Crippen LogP contribution in [0.25, 0.3) is 0 Å². The van der Waals surface area contributed by atoms with Gasteiger partial charge >= 0.3 is 31.7 Å². The number of rotatable bonds is 81. The molecule has 0 bridgehead atoms. The Labute approximate surface area is 710 Å². The van der Waals surface area contributed by atoms with Crippen LogP contribution >= 0.6 is 7.82 Å². The molecule has 0 aromatic carbocycles. The maximum atomic E-state index is 15.1. The normalized spacial score (nSPS) is 20.0. The van der Waals surface area contributed by atoms with Crippen LogP contribution in [-0.4, -0.2) is 152 Å². The fourth-order valence-electron chi connectivity index (χ4n) is 16.1. The van der Waals surface area contributed by atoms with Crippen molar-refractivity contribution in [3.63, 3.8) is 0 Å². The van der Waals surface area contributed by atoms with Crippen molar-refractivity contribution >= 4 is 43.5 Å². The zero-order chi connectivity index (χ0) is 85.6. The van der Waals surface area contributed by atoms with Gasteiger partial charge in [-0.3, -0.25) is 33.3 Å². The minimum Gasteiger partial charge on any atom is -0.462 e. The second-order valence-corrected chi connectivity index (χ2v) is 35.7. The monoisotopic (exact) mass is 1690 g/mol. The number of carbonyl (C=O) groups excluding carboxylic acids is 6. The first-order chi connectivity index (χ1) is 56.7. The molecule has 0 aromatic heterocycles. The molecule has 2 aliphatic heterocycles. The number of hydrogen-bond acceptors (Lipinski definition) is 19. The highest BCUT2D eigenvalue weighted by molar-refractivity contribution is 7.46. The highest BCUT2D eigenvalue weighted by atomic mass is 31.2. The van der Waals surface area contributed by atoms with Gasteiger partial charge < -0.3 is 74.0 Å². The molecule has 13 atom stereocenters. The third kappa shape index (κ3) is 60.0. The maximum Gasteiger partial charge on any atom is 0.470 e. The first kappa shape index (κ1) is 110. The number of amides is 2. The van der Waals surface area contributed by atoms with E-state index < -0.39 is 156 Å². The maximum absolute atomic E-state index is 15.1. The largest absolute Gasteiger partial charge is 0.470 e. The fourth-order valence-corrected chi connectivity index (χ4v) is 16.7. The number of ether oxygens (including phenoxy) is 7. The molecule has 0 aliphatic carbocycles. The molecule has 2 fully saturated rings. The van der Waals surface area contributed by atoms with Gasteiger partial charge in [-0.2, -0.15) is 0 Å². The molecule has 2 heterocycles. The lowest BCUT2D eigenvalue weighted by molar-refractivity contribution is -0.350. The summed E-state index contributed by atoms with van der Waals surface area (Å²) in [6.45, 7) is 12.1. The number of carbonyl (C=O) groups is 6. The summed E-state index contributed by atoms with van der Waals surface area (Å²) in [6.07, 6.45) is 40.8. The van der Waals surface area contributed by atoms with Gasteiger partial charge in [-0.25, -0.2) is 4.57 Å². The van der Waals surface area contributed by atoms with Crippen molar-refractivity contribution in [2.24, 2.45) is 0 Å². The van der Waals surface area contributed by atoms with Gasteiger partial charge in [0.1, 0.15) is 42.6 Å². The van der Waals surface area contributed by atoms with E-state index in [2.05, 4.69) is 52.2 Å². The molecule has 24 heteroatoms. The molecular weight excluding hydrogens is 1510 g/mol. The lowest BCUT2D eigenvalue weighted by Gasteiger charge is -2.47. The molecule has 688 valence electrons. The predicted molar refractivity (Wildman–Crippen MR) is 463 cm³/mol. The van der Waals surface area contributed by atoms with E-state index in [-0.39, 0.29) is 25.7 Å². The van der Waals surface area contributed by atoms with Gasteiger partial charge in [0.25, 0.3) is 0 Å². The Bertz CT molecular complexity index is 2460. The van der Waals surface area contributed by atoms with Crippen LogP contribution in [0.5, 0.6) is 0 Å². The summed E-state index contributed by atoms with van der Waals surface area (Å²) in [5.41, 5.74) is 0. The van der Waals surface area contributed by atoms with Gasteiger partial charge in [-0.05, 0) is 51.4 Å². The van der Waals surface area contributed by atoms with Crippen molar-refractivity contribution in [3.8, 4) is 0 Å². The van der Waals surface area contributed by atoms with E-state index in [9.17, 15) is 58.8 Å². The summed E-state index contributed by atoms with van der Waals surface area (Å²) in [7, 11) is -5.61. The van der Waals surface area contributed by atoms with E-state index in [1.165, 1.54) is 141 Å². The average molecular weight is 1690 g/mol. The van der Waals surface area contributed by atoms with E-state index in [1.54, 1.807) is 0 Å². The average Bonchev–Trinajstić information content (AvgIpc) is 0.775. The summed E-state index contributed by atoms with van der Waals surface area (Å²) in [5, 5.41) is 51.2. The van der Waals surface area contributed by atoms with Crippen molar-refractivity contribution in [1.29, 1.82) is 0 Å². The number of phosphoric acid groups is 1. The van der Waals surface area contributed by atoms with Gasteiger partial charge in [-0.15, -0.1) is 0 Å². The molecule has 23 nitrogen and oxygen atoms in total. The second-order valence-electron chi connectivity index (χ2n) is 34.5. The molecule has 2 aliphatic rings. The molecule has 2 saturated heterocycles. The SMILES string of the molecule is CCCCCCCCCCCCCC(=O)OC(CCCCCCCCCCC)CC(=O)OC1C(NC(=O)CC(CCCCCCCCCCC)OC(=O)CCCCCCCCCCC)C(OC2CC(OC(=O)CC(O)CCCCCCCCCCC)C(NC(=O)CC(O)CCCCCCCCCCC)C(O)O2)OC(CO)C1OP(=O)(O)O. The van der Waals surface area contributed by atoms with Gasteiger partial charge in [0.2, 0.25) is 11.8 Å². The van der Waals surface area contributed by atoms with E-state index in [0.717, 1.165) is 180 Å². The summed E-state index contributed by atoms with van der Waals surface area (Å²) < 4.78 is 62.3. The Morgan fingerprint density at radius 2 is 0.692 bits per heavy atom. The number of aliphatic hydroxyl groups excluding tert-OH is 4. The zero-order valence-electron chi connectivity index (χ0n) is 74.8. The molecule has 0 spiro atoms. The van der Waals surface area contributed by atoms with Crippen LogP contribution in [0.15, 0.2) is 0 Å². The summed E-state index contributed by atoms with van der Waals surface area (Å²) in [5.74, 6) is -4.35. The summed E-state index contributed by atoms with van der Waals surface area (Å²) in [4.78, 5) is 107. The van der Waals surface area contributed by atoms with Crippen LogP contribution in [0.1, 0.15) is 472 Å². The zero-order valence-corrected chi connectivity index (χ0v) is 75.7. The minimum atomic E-state index is -5.61. The van der Waals surface area contributed by atoms with Crippen LogP contribution < -0.4 is 10.6 Å². The highest BCUT2D eigenvalue weighted by Gasteiger charge is 2.54. The number of esters is 4. The van der Waals surface area contributed by atoms with E-state index in [1.807, 2.05) is 0 Å². The fraction of sp³-hybridized carbons (Fsp3) is 0.935. The van der Waals surface area contributed by atoms with Gasteiger partial charge in [0.15, 0.2) is 25.0 Å². The lowest BCUT2D eigenvalue weighted by Crippen LogP contribution is -2.67. The van der Waals surface area contributed by atoms with Crippen LogP contribution in [0.3, 0.4) is 0 Å². The third-order valence-electron chi connectivity index (χ3n) is 23.2. The Balaban J connectivity index is 2.74. The lowest BCUT2D eigenvalue weighted by atomic mass is 9.95. The van der Waals surface area contributed by atoms with Crippen molar-refractivity contribution in [3.05, 3.63) is 0 Å². The van der Waals surface area contributed by atoms with Crippen LogP contribution in [-0.2, 0) is 71.0 Å². The number of aliphatic hydroxyl groups is 4. The van der Waals surface area contributed by atoms with Crippen molar-refractivity contribution < 1.29 is 101 Å². The van der Waals surface area contributed by atoms with Crippen molar-refractivity contribution in [2.75, 3.05) is 6.61 Å². The Morgan fingerprint density at radius 3 is 1.06 bits per heavy atom. The van der Waals surface area contributed by atoms with Crippen LogP contribution in [0.4, 0.5) is 0 Å².